The molecule has 0 aliphatic heterocycles. The van der Waals surface area contributed by atoms with E-state index in [9.17, 15) is 0 Å². The highest BCUT2D eigenvalue weighted by Gasteiger charge is 2.36. The lowest BCUT2D eigenvalue weighted by molar-refractivity contribution is 0.660. The lowest BCUT2D eigenvalue weighted by atomic mass is 9.81. The first kappa shape index (κ1) is 38.5. The van der Waals surface area contributed by atoms with E-state index >= 15 is 0 Å². The Balaban J connectivity index is 0.895. The second kappa shape index (κ2) is 15.6. The average molecular weight is 832 g/mol. The van der Waals surface area contributed by atoms with Crippen LogP contribution in [-0.2, 0) is 5.41 Å². The number of rotatable bonds is 8. The fraction of sp³-hybridized carbons (Fsp3) is 0.0476. The molecule has 0 saturated heterocycles. The monoisotopic (exact) mass is 831 g/mol. The van der Waals surface area contributed by atoms with Crippen LogP contribution >= 0.6 is 0 Å². The molecular formula is C63H45NO. The molecule has 10 aromatic carbocycles. The third-order valence-corrected chi connectivity index (χ3v) is 13.5. The van der Waals surface area contributed by atoms with Crippen LogP contribution in [-0.4, -0.2) is 0 Å². The molecule has 2 heteroatoms. The van der Waals surface area contributed by atoms with E-state index in [1.165, 1.54) is 77.9 Å². The summed E-state index contributed by atoms with van der Waals surface area (Å²) in [7, 11) is 0. The van der Waals surface area contributed by atoms with Gasteiger partial charge in [-0.15, -0.1) is 0 Å². The molecule has 0 amide bonds. The summed E-state index contributed by atoms with van der Waals surface area (Å²) in [5.41, 5.74) is 22.3. The van der Waals surface area contributed by atoms with Crippen LogP contribution in [0.5, 0.6) is 0 Å². The second-order valence-corrected chi connectivity index (χ2v) is 17.7. The summed E-state index contributed by atoms with van der Waals surface area (Å²) < 4.78 is 6.10. The van der Waals surface area contributed by atoms with Gasteiger partial charge in [-0.25, -0.2) is 0 Å². The van der Waals surface area contributed by atoms with Crippen LogP contribution in [0.4, 0.5) is 17.1 Å². The van der Waals surface area contributed by atoms with Crippen molar-refractivity contribution in [2.24, 2.45) is 0 Å². The van der Waals surface area contributed by atoms with Gasteiger partial charge in [0.1, 0.15) is 11.2 Å². The highest BCUT2D eigenvalue weighted by Crippen LogP contribution is 2.52. The molecular weight excluding hydrogens is 787 g/mol. The van der Waals surface area contributed by atoms with Gasteiger partial charge in [0.15, 0.2) is 0 Å². The zero-order chi connectivity index (χ0) is 43.5. The van der Waals surface area contributed by atoms with Gasteiger partial charge in [-0.3, -0.25) is 0 Å². The Labute approximate surface area is 380 Å². The fourth-order valence-electron chi connectivity index (χ4n) is 10.00. The van der Waals surface area contributed by atoms with Crippen LogP contribution in [0.25, 0.3) is 88.7 Å². The molecule has 65 heavy (non-hydrogen) atoms. The van der Waals surface area contributed by atoms with Crippen molar-refractivity contribution in [2.45, 2.75) is 19.3 Å². The van der Waals surface area contributed by atoms with Gasteiger partial charge in [-0.05, 0) is 145 Å². The molecule has 0 spiro atoms. The van der Waals surface area contributed by atoms with E-state index < -0.39 is 0 Å². The molecule has 0 atom stereocenters. The first-order valence-electron chi connectivity index (χ1n) is 22.5. The molecule has 0 N–H and O–H groups in total. The lowest BCUT2D eigenvalue weighted by Crippen LogP contribution is -2.16. The summed E-state index contributed by atoms with van der Waals surface area (Å²) in [5, 5.41) is 2.29. The zero-order valence-corrected chi connectivity index (χ0v) is 36.4. The number of fused-ring (bicyclic) bond motifs is 6. The zero-order valence-electron chi connectivity index (χ0n) is 36.4. The Bertz CT molecular complexity index is 3530. The molecule has 12 rings (SSSR count). The summed E-state index contributed by atoms with van der Waals surface area (Å²) >= 11 is 0. The standard InChI is InChI=1S/C63H45NO/c1-63(2)59-40-51(43-14-7-4-8-15-43)28-35-55(59)56-36-34-54(41-60(56)63)64(53-32-26-47(27-33-53)49-17-11-16-48(38-49)42-12-5-3-6-13-42)52-30-24-45(25-31-52)44-20-22-46(23-21-44)50-29-37-62-58(39-50)57-18-9-10-19-61(57)65-62/h3-41H,1-2H3. The number of benzene rings is 10. The normalized spacial score (nSPS) is 12.6. The summed E-state index contributed by atoms with van der Waals surface area (Å²) in [4.78, 5) is 2.40. The van der Waals surface area contributed by atoms with Crippen molar-refractivity contribution in [1.29, 1.82) is 0 Å². The molecule has 0 fully saturated rings. The van der Waals surface area contributed by atoms with Gasteiger partial charge in [-0.1, -0.05) is 184 Å². The van der Waals surface area contributed by atoms with Crippen molar-refractivity contribution in [1.82, 2.24) is 0 Å². The Morgan fingerprint density at radius 2 is 0.692 bits per heavy atom. The first-order chi connectivity index (χ1) is 31.9. The third kappa shape index (κ3) is 6.83. The van der Waals surface area contributed by atoms with Gasteiger partial charge >= 0.3 is 0 Å². The maximum Gasteiger partial charge on any atom is 0.135 e. The molecule has 308 valence electrons. The van der Waals surface area contributed by atoms with Crippen LogP contribution in [0.2, 0.25) is 0 Å². The number of hydrogen-bond acceptors (Lipinski definition) is 2. The van der Waals surface area contributed by atoms with Crippen LogP contribution in [0.3, 0.4) is 0 Å². The highest BCUT2D eigenvalue weighted by atomic mass is 16.3. The molecule has 1 heterocycles. The molecule has 0 unspecified atom stereocenters. The van der Waals surface area contributed by atoms with Gasteiger partial charge in [-0.2, -0.15) is 0 Å². The Morgan fingerprint density at radius 3 is 1.31 bits per heavy atom. The van der Waals surface area contributed by atoms with Crippen molar-refractivity contribution in [3.63, 3.8) is 0 Å². The van der Waals surface area contributed by atoms with Crippen LogP contribution in [0.15, 0.2) is 241 Å². The predicted octanol–water partition coefficient (Wildman–Crippen LogP) is 17.7. The number of anilines is 3. The van der Waals surface area contributed by atoms with E-state index in [1.807, 2.05) is 12.1 Å². The van der Waals surface area contributed by atoms with Gasteiger partial charge in [0.05, 0.1) is 0 Å². The van der Waals surface area contributed by atoms with Crippen molar-refractivity contribution < 1.29 is 4.42 Å². The molecule has 11 aromatic rings. The SMILES string of the molecule is CC1(C)c2cc(-c3ccccc3)ccc2-c2ccc(N(c3ccc(-c4ccc(-c5ccc6oc7ccccc7c6c5)cc4)cc3)c3ccc(-c4cccc(-c5ccccc5)c4)cc3)cc21. The molecule has 1 aliphatic carbocycles. The van der Waals surface area contributed by atoms with Crippen molar-refractivity contribution >= 4 is 39.0 Å². The minimum atomic E-state index is -0.182. The first-order valence-corrected chi connectivity index (χ1v) is 22.5. The minimum Gasteiger partial charge on any atom is -0.456 e. The Hall–Kier alpha value is -8.20. The quantitative estimate of drug-likeness (QED) is 0.152. The van der Waals surface area contributed by atoms with Gasteiger partial charge in [0.25, 0.3) is 0 Å². The predicted molar refractivity (Wildman–Crippen MR) is 273 cm³/mol. The summed E-state index contributed by atoms with van der Waals surface area (Å²) in [6.45, 7) is 4.74. The average Bonchev–Trinajstić information content (AvgIpc) is 3.85. The smallest absolute Gasteiger partial charge is 0.135 e. The minimum absolute atomic E-state index is 0.182. The fourth-order valence-corrected chi connectivity index (χ4v) is 10.00. The Kier molecular flexibility index (Phi) is 9.21. The maximum absolute atomic E-state index is 6.10. The second-order valence-electron chi connectivity index (χ2n) is 17.7. The van der Waals surface area contributed by atoms with E-state index in [0.717, 1.165) is 39.0 Å². The number of furan rings is 1. The van der Waals surface area contributed by atoms with Crippen molar-refractivity contribution in [3.05, 3.63) is 248 Å². The van der Waals surface area contributed by atoms with E-state index in [-0.39, 0.29) is 5.41 Å². The maximum atomic E-state index is 6.10. The third-order valence-electron chi connectivity index (χ3n) is 13.5. The highest BCUT2D eigenvalue weighted by molar-refractivity contribution is 6.06. The number of nitrogens with zero attached hydrogens (tertiary/aromatic N) is 1. The van der Waals surface area contributed by atoms with E-state index in [0.29, 0.717) is 0 Å². The largest absolute Gasteiger partial charge is 0.456 e. The Morgan fingerprint density at radius 1 is 0.292 bits per heavy atom. The van der Waals surface area contributed by atoms with Gasteiger partial charge in [0.2, 0.25) is 0 Å². The summed E-state index contributed by atoms with van der Waals surface area (Å²) in [5.74, 6) is 0. The summed E-state index contributed by atoms with van der Waals surface area (Å²) in [6, 6.07) is 85.9. The van der Waals surface area contributed by atoms with Gasteiger partial charge < -0.3 is 9.32 Å². The summed E-state index contributed by atoms with van der Waals surface area (Å²) in [6.07, 6.45) is 0. The topological polar surface area (TPSA) is 16.4 Å². The molecule has 1 aliphatic rings. The van der Waals surface area contributed by atoms with E-state index in [2.05, 4.69) is 243 Å². The molecule has 1 aromatic heterocycles. The number of para-hydroxylation sites is 1. The lowest BCUT2D eigenvalue weighted by Gasteiger charge is -2.28. The molecule has 0 saturated carbocycles. The van der Waals surface area contributed by atoms with Crippen LogP contribution in [0.1, 0.15) is 25.0 Å². The van der Waals surface area contributed by atoms with Crippen LogP contribution < -0.4 is 4.90 Å². The van der Waals surface area contributed by atoms with E-state index in [4.69, 9.17) is 4.42 Å². The molecule has 2 nitrogen and oxygen atoms in total. The van der Waals surface area contributed by atoms with Crippen molar-refractivity contribution in [2.75, 3.05) is 4.90 Å². The molecule has 0 bridgehead atoms. The van der Waals surface area contributed by atoms with Crippen LogP contribution in [0, 0.1) is 0 Å². The number of hydrogen-bond donors (Lipinski definition) is 0. The van der Waals surface area contributed by atoms with Gasteiger partial charge in [0, 0.05) is 33.2 Å². The van der Waals surface area contributed by atoms with E-state index in [1.54, 1.807) is 0 Å². The molecule has 0 radical (unpaired) electrons. The van der Waals surface area contributed by atoms with Crippen molar-refractivity contribution in [3.8, 4) is 66.8 Å².